The van der Waals surface area contributed by atoms with Crippen molar-refractivity contribution in [3.05, 3.63) is 54.4 Å². The van der Waals surface area contributed by atoms with Crippen LogP contribution in [-0.2, 0) is 5.54 Å². The third kappa shape index (κ3) is 4.27. The Morgan fingerprint density at radius 1 is 1.14 bits per heavy atom. The molecule has 1 aromatic carbocycles. The number of aromatic nitrogens is 2. The first-order valence-corrected chi connectivity index (χ1v) is 8.10. The lowest BCUT2D eigenvalue weighted by molar-refractivity contribution is 0.158. The van der Waals surface area contributed by atoms with Gasteiger partial charge in [0.25, 0.3) is 0 Å². The average Bonchev–Trinajstić information content (AvgIpc) is 2.56. The molecule has 0 fully saturated rings. The minimum atomic E-state index is -0.405. The maximum absolute atomic E-state index is 9.96. The zero-order valence-electron chi connectivity index (χ0n) is 12.2. The molecule has 0 aliphatic carbocycles. The van der Waals surface area contributed by atoms with Gasteiger partial charge in [-0.15, -0.1) is 0 Å². The van der Waals surface area contributed by atoms with Crippen molar-refractivity contribution in [2.75, 3.05) is 18.9 Å². The number of nitrogens with one attached hydrogen (secondary N) is 1. The third-order valence-corrected chi connectivity index (χ3v) is 4.29. The van der Waals surface area contributed by atoms with Gasteiger partial charge in [0.15, 0.2) is 5.16 Å². The van der Waals surface area contributed by atoms with Crippen LogP contribution in [0.25, 0.3) is 0 Å². The Labute approximate surface area is 130 Å². The second-order valence-corrected chi connectivity index (χ2v) is 5.83. The molecule has 1 unspecified atom stereocenters. The van der Waals surface area contributed by atoms with E-state index in [1.807, 2.05) is 24.3 Å². The fourth-order valence-electron chi connectivity index (χ4n) is 2.33. The first-order valence-electron chi connectivity index (χ1n) is 7.12. The second-order valence-electron chi connectivity index (χ2n) is 4.77. The summed E-state index contributed by atoms with van der Waals surface area (Å²) < 4.78 is 0. The van der Waals surface area contributed by atoms with Crippen molar-refractivity contribution in [3.8, 4) is 0 Å². The zero-order valence-corrected chi connectivity index (χ0v) is 13.0. The summed E-state index contributed by atoms with van der Waals surface area (Å²) in [4.78, 5) is 8.42. The predicted molar refractivity (Wildman–Crippen MR) is 86.3 cm³/mol. The smallest absolute Gasteiger partial charge is 0.187 e. The molecule has 5 heteroatoms. The largest absolute Gasteiger partial charge is 0.394 e. The van der Waals surface area contributed by atoms with E-state index in [-0.39, 0.29) is 6.61 Å². The van der Waals surface area contributed by atoms with Crippen LogP contribution in [0.15, 0.2) is 53.9 Å². The quantitative estimate of drug-likeness (QED) is 0.579. The van der Waals surface area contributed by atoms with Gasteiger partial charge in [-0.1, -0.05) is 49.0 Å². The minimum Gasteiger partial charge on any atom is -0.394 e. The summed E-state index contributed by atoms with van der Waals surface area (Å²) in [6.45, 7) is 2.93. The Balaban J connectivity index is 2.06. The van der Waals surface area contributed by atoms with Gasteiger partial charge in [-0.25, -0.2) is 9.97 Å². The van der Waals surface area contributed by atoms with Crippen molar-refractivity contribution in [1.29, 1.82) is 0 Å². The van der Waals surface area contributed by atoms with Gasteiger partial charge in [0.05, 0.1) is 12.1 Å². The Bertz CT molecular complexity index is 524. The summed E-state index contributed by atoms with van der Waals surface area (Å²) >= 11 is 1.61. The SMILES string of the molecule is CCNC(CO)(CCSc1ncccn1)c1ccccc1. The van der Waals surface area contributed by atoms with E-state index in [0.29, 0.717) is 0 Å². The number of nitrogens with zero attached hydrogens (tertiary/aromatic N) is 2. The molecule has 0 saturated carbocycles. The monoisotopic (exact) mass is 303 g/mol. The molecule has 1 aromatic heterocycles. The van der Waals surface area contributed by atoms with Gasteiger partial charge in [-0.05, 0) is 24.6 Å². The van der Waals surface area contributed by atoms with Crippen LogP contribution in [-0.4, -0.2) is 34.0 Å². The zero-order chi connectivity index (χ0) is 15.0. The van der Waals surface area contributed by atoms with Crippen LogP contribution in [0.4, 0.5) is 0 Å². The van der Waals surface area contributed by atoms with Crippen LogP contribution in [0.2, 0.25) is 0 Å². The number of benzene rings is 1. The summed E-state index contributed by atoms with van der Waals surface area (Å²) in [5.74, 6) is 0.840. The van der Waals surface area contributed by atoms with Crippen LogP contribution in [0.1, 0.15) is 18.9 Å². The molecular weight excluding hydrogens is 282 g/mol. The van der Waals surface area contributed by atoms with Crippen molar-refractivity contribution in [1.82, 2.24) is 15.3 Å². The molecule has 0 amide bonds. The van der Waals surface area contributed by atoms with Crippen molar-refractivity contribution in [2.24, 2.45) is 0 Å². The van der Waals surface area contributed by atoms with Crippen LogP contribution in [0, 0.1) is 0 Å². The number of aliphatic hydroxyl groups is 1. The molecule has 112 valence electrons. The molecule has 2 N–H and O–H groups in total. The highest BCUT2D eigenvalue weighted by Gasteiger charge is 2.30. The van der Waals surface area contributed by atoms with Gasteiger partial charge >= 0.3 is 0 Å². The molecule has 1 heterocycles. The maximum Gasteiger partial charge on any atom is 0.187 e. The molecule has 0 aliphatic heterocycles. The summed E-state index contributed by atoms with van der Waals surface area (Å²) in [5, 5.41) is 14.2. The van der Waals surface area contributed by atoms with Crippen molar-refractivity contribution in [2.45, 2.75) is 24.0 Å². The lowest BCUT2D eigenvalue weighted by Gasteiger charge is -2.33. The van der Waals surface area contributed by atoms with Gasteiger partial charge in [0, 0.05) is 18.1 Å². The fourth-order valence-corrected chi connectivity index (χ4v) is 3.24. The van der Waals surface area contributed by atoms with E-state index in [0.717, 1.165) is 29.4 Å². The van der Waals surface area contributed by atoms with E-state index in [2.05, 4.69) is 34.3 Å². The molecule has 0 spiro atoms. The van der Waals surface area contributed by atoms with Crippen molar-refractivity contribution in [3.63, 3.8) is 0 Å². The number of likely N-dealkylation sites (N-methyl/N-ethyl adjacent to an activating group) is 1. The van der Waals surface area contributed by atoms with E-state index in [9.17, 15) is 5.11 Å². The van der Waals surface area contributed by atoms with E-state index < -0.39 is 5.54 Å². The third-order valence-electron chi connectivity index (χ3n) is 3.41. The number of thioether (sulfide) groups is 1. The van der Waals surface area contributed by atoms with Gasteiger partial charge in [-0.3, -0.25) is 0 Å². The molecule has 0 radical (unpaired) electrons. The Morgan fingerprint density at radius 3 is 2.48 bits per heavy atom. The fraction of sp³-hybridized carbons (Fsp3) is 0.375. The predicted octanol–water partition coefficient (Wildman–Crippen LogP) is 2.46. The summed E-state index contributed by atoms with van der Waals surface area (Å²) in [6, 6.07) is 11.9. The molecular formula is C16H21N3OS. The van der Waals surface area contributed by atoms with Crippen molar-refractivity contribution >= 4 is 11.8 Å². The minimum absolute atomic E-state index is 0.0705. The summed E-state index contributed by atoms with van der Waals surface area (Å²) in [6.07, 6.45) is 4.30. The average molecular weight is 303 g/mol. The number of aliphatic hydroxyl groups excluding tert-OH is 1. The van der Waals surface area contributed by atoms with E-state index in [1.54, 1.807) is 24.2 Å². The van der Waals surface area contributed by atoms with Gasteiger partial charge in [0.1, 0.15) is 0 Å². The van der Waals surface area contributed by atoms with Crippen LogP contribution < -0.4 is 5.32 Å². The molecule has 1 atom stereocenters. The Morgan fingerprint density at radius 2 is 1.86 bits per heavy atom. The molecule has 21 heavy (non-hydrogen) atoms. The first kappa shape index (κ1) is 15.9. The Hall–Kier alpha value is -1.43. The van der Waals surface area contributed by atoms with Crippen molar-refractivity contribution < 1.29 is 5.11 Å². The lowest BCUT2D eigenvalue weighted by atomic mass is 9.88. The molecule has 4 nitrogen and oxygen atoms in total. The van der Waals surface area contributed by atoms with E-state index in [4.69, 9.17) is 0 Å². The standard InChI is InChI=1S/C16H21N3OS/c1-2-19-16(13-20,14-7-4-3-5-8-14)9-12-21-15-17-10-6-11-18-15/h3-8,10-11,19-20H,2,9,12-13H2,1H3. The number of hydrogen-bond donors (Lipinski definition) is 2. The molecule has 0 saturated heterocycles. The number of rotatable bonds is 8. The van der Waals surface area contributed by atoms with Crippen LogP contribution in [0.3, 0.4) is 0 Å². The van der Waals surface area contributed by atoms with Gasteiger partial charge in [-0.2, -0.15) is 0 Å². The summed E-state index contributed by atoms with van der Waals surface area (Å²) in [5.41, 5.74) is 0.710. The highest BCUT2D eigenvalue weighted by molar-refractivity contribution is 7.99. The summed E-state index contributed by atoms with van der Waals surface area (Å²) in [7, 11) is 0. The normalized spacial score (nSPS) is 13.8. The lowest BCUT2D eigenvalue weighted by Crippen LogP contribution is -2.46. The van der Waals surface area contributed by atoms with Crippen LogP contribution in [0.5, 0.6) is 0 Å². The second kappa shape index (κ2) is 8.12. The van der Waals surface area contributed by atoms with E-state index >= 15 is 0 Å². The first-order chi connectivity index (χ1) is 10.3. The Kier molecular flexibility index (Phi) is 6.17. The highest BCUT2D eigenvalue weighted by Crippen LogP contribution is 2.27. The molecule has 0 aliphatic rings. The van der Waals surface area contributed by atoms with E-state index in [1.165, 1.54) is 0 Å². The van der Waals surface area contributed by atoms with Gasteiger partial charge < -0.3 is 10.4 Å². The number of hydrogen-bond acceptors (Lipinski definition) is 5. The van der Waals surface area contributed by atoms with Gasteiger partial charge in [0.2, 0.25) is 0 Å². The maximum atomic E-state index is 9.96. The molecule has 0 bridgehead atoms. The van der Waals surface area contributed by atoms with Crippen LogP contribution >= 0.6 is 11.8 Å². The molecule has 2 aromatic rings. The molecule has 2 rings (SSSR count). The highest BCUT2D eigenvalue weighted by atomic mass is 32.2. The topological polar surface area (TPSA) is 58.0 Å².